The lowest BCUT2D eigenvalue weighted by Crippen LogP contribution is -2.13. The summed E-state index contributed by atoms with van der Waals surface area (Å²) in [4.78, 5) is 1.79. The third-order valence-corrected chi connectivity index (χ3v) is 12.3. The molecule has 0 saturated heterocycles. The molecule has 0 aliphatic heterocycles. The van der Waals surface area contributed by atoms with Crippen LogP contribution in [0, 0.1) is 11.7 Å². The Morgan fingerprint density at radius 1 is 0.597 bits per heavy atom. The minimum absolute atomic E-state index is 0.00917. The van der Waals surface area contributed by atoms with Gasteiger partial charge in [0.15, 0.2) is 12.5 Å². The van der Waals surface area contributed by atoms with E-state index in [1.807, 2.05) is 18.2 Å². The van der Waals surface area contributed by atoms with E-state index in [9.17, 15) is 8.42 Å². The normalized spacial score (nSPS) is 12.7. The van der Waals surface area contributed by atoms with Crippen molar-refractivity contribution in [1.29, 1.82) is 4.78 Å². The van der Waals surface area contributed by atoms with Crippen LogP contribution in [-0.2, 0) is 55.0 Å². The monoisotopic (exact) mass is 933 g/mol. The summed E-state index contributed by atoms with van der Waals surface area (Å²) in [5, 5.41) is 0. The van der Waals surface area contributed by atoms with E-state index in [0.717, 1.165) is 28.4 Å². The molecule has 13 heteroatoms. The van der Waals surface area contributed by atoms with Gasteiger partial charge in [0, 0.05) is 23.0 Å². The molecule has 4 aromatic carbocycles. The van der Waals surface area contributed by atoms with Gasteiger partial charge in [-0.25, -0.2) is 13.2 Å². The molecule has 0 radical (unpaired) electrons. The van der Waals surface area contributed by atoms with Crippen molar-refractivity contribution in [1.82, 2.24) is 0 Å². The molecule has 0 amide bonds. The first-order valence-corrected chi connectivity index (χ1v) is 25.0. The van der Waals surface area contributed by atoms with Gasteiger partial charge in [-0.05, 0) is 99.1 Å². The van der Waals surface area contributed by atoms with Crippen molar-refractivity contribution < 1.29 is 35.8 Å². The Balaban J connectivity index is 0.000000793. The predicted octanol–water partition coefficient (Wildman–Crippen LogP) is 12.8. The zero-order valence-corrected chi connectivity index (χ0v) is 44.3. The minimum Gasteiger partial charge on any atom is -0.496 e. The zero-order valence-electron chi connectivity index (χ0n) is 41.0. The predicted molar refractivity (Wildman–Crippen MR) is 266 cm³/mol. The van der Waals surface area contributed by atoms with Crippen molar-refractivity contribution in [3.63, 3.8) is 0 Å². The fraction of sp³-hybridized carbons (Fsp3) is 0.510. The molecule has 0 aromatic heterocycles. The van der Waals surface area contributed by atoms with Gasteiger partial charge in [-0.2, -0.15) is 4.21 Å². The van der Waals surface area contributed by atoms with Crippen molar-refractivity contribution in [2.75, 3.05) is 46.7 Å². The molecule has 0 saturated carbocycles. The van der Waals surface area contributed by atoms with E-state index in [-0.39, 0.29) is 21.7 Å². The number of methoxy groups -OCH3 is 4. The Kier molecular flexibility index (Phi) is 24.1. The smallest absolute Gasteiger partial charge is 0.203 e. The third-order valence-electron chi connectivity index (χ3n) is 9.34. The van der Waals surface area contributed by atoms with E-state index in [1.165, 1.54) is 27.8 Å². The second kappa shape index (κ2) is 25.6. The van der Waals surface area contributed by atoms with E-state index in [2.05, 4.69) is 145 Å². The summed E-state index contributed by atoms with van der Waals surface area (Å²) < 4.78 is 65.1. The highest BCUT2D eigenvalue weighted by Gasteiger charge is 2.22. The highest BCUT2D eigenvalue weighted by molar-refractivity contribution is 7.98. The lowest BCUT2D eigenvalue weighted by Gasteiger charge is -2.22. The Morgan fingerprint density at radius 2 is 0.952 bits per heavy atom. The summed E-state index contributed by atoms with van der Waals surface area (Å²) in [7, 11) is 4.01. The number of thioether (sulfide) groups is 1. The van der Waals surface area contributed by atoms with Crippen LogP contribution in [-0.4, -0.2) is 59.3 Å². The highest BCUT2D eigenvalue weighted by atomic mass is 32.2. The molecule has 0 spiro atoms. The van der Waals surface area contributed by atoms with Crippen LogP contribution < -0.4 is 23.1 Å². The number of hydrogen-bond acceptors (Lipinski definition) is 11. The maximum Gasteiger partial charge on any atom is 0.203 e. The summed E-state index contributed by atoms with van der Waals surface area (Å²) in [6.07, 6.45) is 3.57. The lowest BCUT2D eigenvalue weighted by atomic mass is 9.86. The van der Waals surface area contributed by atoms with Crippen molar-refractivity contribution in [3.05, 3.63) is 101 Å². The van der Waals surface area contributed by atoms with Crippen molar-refractivity contribution in [3.8, 4) is 28.7 Å². The van der Waals surface area contributed by atoms with Gasteiger partial charge < -0.3 is 23.1 Å². The van der Waals surface area contributed by atoms with Crippen molar-refractivity contribution in [2.45, 2.75) is 128 Å². The molecule has 9 nitrogen and oxygen atoms in total. The van der Waals surface area contributed by atoms with Gasteiger partial charge >= 0.3 is 0 Å². The summed E-state index contributed by atoms with van der Waals surface area (Å²) in [6, 6.07) is 23.7. The first-order valence-electron chi connectivity index (χ1n) is 20.2. The van der Waals surface area contributed by atoms with Crippen LogP contribution in [0.25, 0.3) is 0 Å². The fourth-order valence-corrected chi connectivity index (χ4v) is 7.70. The molecule has 0 bridgehead atoms. The molecule has 2 atom stereocenters. The van der Waals surface area contributed by atoms with E-state index in [0.29, 0.717) is 22.1 Å². The van der Waals surface area contributed by atoms with Crippen LogP contribution in [0.2, 0.25) is 0 Å². The highest BCUT2D eigenvalue weighted by Crippen LogP contribution is 2.36. The van der Waals surface area contributed by atoms with E-state index in [4.69, 9.17) is 32.1 Å². The molecule has 348 valence electrons. The minimum atomic E-state index is -2.67. The van der Waals surface area contributed by atoms with Crippen molar-refractivity contribution >= 4 is 45.1 Å². The Morgan fingerprint density at radius 3 is 1.32 bits per heavy atom. The molecule has 0 aliphatic carbocycles. The summed E-state index contributed by atoms with van der Waals surface area (Å²) in [6.45, 7) is 29.7. The van der Waals surface area contributed by atoms with Crippen LogP contribution in [0.5, 0.6) is 28.7 Å². The van der Waals surface area contributed by atoms with Gasteiger partial charge in [0.05, 0.1) is 43.1 Å². The van der Waals surface area contributed by atoms with E-state index in [1.54, 1.807) is 65.3 Å². The molecule has 2 unspecified atom stereocenters. The van der Waals surface area contributed by atoms with Gasteiger partial charge in [-0.3, -0.25) is 0 Å². The van der Waals surface area contributed by atoms with Gasteiger partial charge in [0.25, 0.3) is 0 Å². The van der Waals surface area contributed by atoms with Crippen LogP contribution in [0.3, 0.4) is 0 Å². The molecule has 4 aromatic rings. The second-order valence-electron chi connectivity index (χ2n) is 18.4. The number of benzene rings is 4. The van der Waals surface area contributed by atoms with Crippen LogP contribution in [0.15, 0.2) is 82.6 Å². The maximum absolute atomic E-state index is 12.0. The molecule has 0 aliphatic rings. The molecular formula is C49H75NO8S4. The summed E-state index contributed by atoms with van der Waals surface area (Å²) in [5.41, 5.74) is 6.21. The Bertz CT molecular complexity index is 2130. The number of hydrogen-bond donors (Lipinski definition) is 1. The Labute approximate surface area is 388 Å². The number of ether oxygens (including phenoxy) is 4. The Hall–Kier alpha value is -3.65. The molecule has 4 rings (SSSR count). The molecular weight excluding hydrogens is 859 g/mol. The molecule has 0 heterocycles. The molecule has 62 heavy (non-hydrogen) atoms. The van der Waals surface area contributed by atoms with E-state index < -0.39 is 20.8 Å². The largest absolute Gasteiger partial charge is 0.496 e. The maximum atomic E-state index is 12.0. The molecule has 0 fully saturated rings. The topological polar surface area (TPSA) is 121 Å². The van der Waals surface area contributed by atoms with Crippen molar-refractivity contribution in [2.24, 2.45) is 0 Å². The quantitative estimate of drug-likeness (QED) is 0.162. The first kappa shape index (κ1) is 58.4. The number of aryl methyl sites for hydroxylation is 1. The SMILES string of the molecule is CCS(=N)(=O)c1ccc(C(C)(C)C)c(OC)c1.COc1cc(C)ccc1C(C)(C)C.COc1cc(OS(C)=O)ccc1C(C)(C)C.COc1cc(SC)ccc1C(C)(C)C.O=S. The van der Waals surface area contributed by atoms with Gasteiger partial charge in [-0.15, -0.1) is 11.8 Å². The standard InChI is InChI=1S/C13H21NO2S.C12H18O3S.C12H18OS.C12H18O.OS/c1-6-17(14,15)10-7-8-11(13(2,3)4)12(9-10)16-5;1-12(2,3)10-7-6-9(15-16(5)13)8-11(10)14-4;1-12(2,3)10-7-6-9(14-5)8-11(10)13-4;1-9-6-7-10(12(2,3)4)11(8-9)13-5;1-2/h7-9,14H,6H2,1-5H3;6-8H,1-5H3;6-8H,1-5H3;6-8H,1-5H3;. The van der Waals surface area contributed by atoms with Gasteiger partial charge in [-0.1, -0.05) is 120 Å². The second-order valence-corrected chi connectivity index (χ2v) is 22.7. The number of nitrogens with one attached hydrogen (secondary N) is 1. The third kappa shape index (κ3) is 19.0. The average Bonchev–Trinajstić information content (AvgIpc) is 3.19. The summed E-state index contributed by atoms with van der Waals surface area (Å²) in [5.74, 6) is 4.34. The molecule has 1 N–H and O–H groups in total. The zero-order chi connectivity index (χ0) is 48.4. The van der Waals surface area contributed by atoms with Gasteiger partial charge in [0.1, 0.15) is 28.7 Å². The van der Waals surface area contributed by atoms with Crippen LogP contribution in [0.4, 0.5) is 0 Å². The van der Waals surface area contributed by atoms with Crippen LogP contribution >= 0.6 is 11.8 Å². The first-order chi connectivity index (χ1) is 28.5. The van der Waals surface area contributed by atoms with Crippen LogP contribution in [0.1, 0.15) is 118 Å². The summed E-state index contributed by atoms with van der Waals surface area (Å²) >= 11 is 3.26. The average molecular weight is 934 g/mol. The number of rotatable bonds is 9. The van der Waals surface area contributed by atoms with E-state index >= 15 is 0 Å². The lowest BCUT2D eigenvalue weighted by molar-refractivity contribution is 0.395. The van der Waals surface area contributed by atoms with Gasteiger partial charge in [0.2, 0.25) is 11.1 Å². The fourth-order valence-electron chi connectivity index (χ4n) is 5.98.